The molecule has 3 nitrogen and oxygen atoms in total. The van der Waals surface area contributed by atoms with Crippen LogP contribution in [0.5, 0.6) is 0 Å². The Morgan fingerprint density at radius 2 is 1.94 bits per heavy atom. The van der Waals surface area contributed by atoms with Gasteiger partial charge in [-0.3, -0.25) is 4.57 Å². The van der Waals surface area contributed by atoms with Crippen LogP contribution < -0.4 is 0 Å². The number of halogens is 1. The molecule has 0 aromatic heterocycles. The van der Waals surface area contributed by atoms with E-state index in [0.29, 0.717) is 23.7 Å². The van der Waals surface area contributed by atoms with Gasteiger partial charge in [0.25, 0.3) is 0 Å². The van der Waals surface area contributed by atoms with Gasteiger partial charge < -0.3 is 9.05 Å². The van der Waals surface area contributed by atoms with Gasteiger partial charge >= 0.3 is 7.60 Å². The minimum atomic E-state index is -2.98. The highest BCUT2D eigenvalue weighted by atomic mass is 35.5. The lowest BCUT2D eigenvalue weighted by molar-refractivity contribution is 0.224. The average molecular weight is 295 g/mol. The molecule has 0 aliphatic heterocycles. The van der Waals surface area contributed by atoms with Crippen molar-refractivity contribution in [1.82, 2.24) is 0 Å². The van der Waals surface area contributed by atoms with E-state index >= 15 is 0 Å². The molecular weight excluding hydrogens is 279 g/mol. The zero-order chi connectivity index (χ0) is 12.7. The zero-order valence-corrected chi connectivity index (χ0v) is 12.4. The van der Waals surface area contributed by atoms with E-state index in [9.17, 15) is 4.57 Å². The molecule has 1 aromatic rings. The largest absolute Gasteiger partial charge is 0.340 e. The van der Waals surface area contributed by atoms with Gasteiger partial charge in [0.05, 0.1) is 13.2 Å². The Balaban J connectivity index is 2.60. The maximum atomic E-state index is 12.2. The molecular formula is C11H16ClO3PS. The van der Waals surface area contributed by atoms with E-state index in [1.54, 1.807) is 19.9 Å². The lowest BCUT2D eigenvalue weighted by Gasteiger charge is -2.16. The maximum absolute atomic E-state index is 12.2. The highest BCUT2D eigenvalue weighted by molar-refractivity contribution is 8.04. The second kappa shape index (κ2) is 7.45. The summed E-state index contributed by atoms with van der Waals surface area (Å²) in [6, 6.07) is 7.40. The van der Waals surface area contributed by atoms with Gasteiger partial charge in [0, 0.05) is 9.92 Å². The summed E-state index contributed by atoms with van der Waals surface area (Å²) in [5, 5.41) is 0.664. The molecule has 6 heteroatoms. The van der Waals surface area contributed by atoms with Crippen LogP contribution in [0.25, 0.3) is 0 Å². The predicted octanol–water partition coefficient (Wildman–Crippen LogP) is 4.66. The smallest absolute Gasteiger partial charge is 0.308 e. The highest BCUT2D eigenvalue weighted by Gasteiger charge is 2.23. The van der Waals surface area contributed by atoms with Crippen molar-refractivity contribution in [2.24, 2.45) is 0 Å². The standard InChI is InChI=1S/C11H16ClO3PS/c1-3-14-16(13,15-4-2)9-17-11-7-5-6-10(12)8-11/h5-8H,3-4,9H2,1-2H3. The molecule has 0 aliphatic rings. The first-order valence-corrected chi connectivity index (χ1v) is 8.45. The Morgan fingerprint density at radius 1 is 1.29 bits per heavy atom. The van der Waals surface area contributed by atoms with Crippen molar-refractivity contribution in [3.8, 4) is 0 Å². The van der Waals surface area contributed by atoms with Crippen LogP contribution in [-0.4, -0.2) is 18.7 Å². The topological polar surface area (TPSA) is 35.5 Å². The molecule has 0 heterocycles. The lowest BCUT2D eigenvalue weighted by atomic mass is 10.4. The van der Waals surface area contributed by atoms with Crippen LogP contribution >= 0.6 is 31.0 Å². The minimum Gasteiger partial charge on any atom is -0.308 e. The second-order valence-electron chi connectivity index (χ2n) is 3.18. The summed E-state index contributed by atoms with van der Waals surface area (Å²) in [6.45, 7) is 4.37. The number of rotatable bonds is 7. The van der Waals surface area contributed by atoms with Crippen molar-refractivity contribution < 1.29 is 13.6 Å². The summed E-state index contributed by atoms with van der Waals surface area (Å²) in [4.78, 5) is 0.956. The number of benzene rings is 1. The first-order chi connectivity index (χ1) is 8.09. The SMILES string of the molecule is CCOP(=O)(CSc1cccc(Cl)c1)OCC. The van der Waals surface area contributed by atoms with E-state index in [4.69, 9.17) is 20.6 Å². The summed E-state index contributed by atoms with van der Waals surface area (Å²) < 4.78 is 22.6. The van der Waals surface area contributed by atoms with Crippen LogP contribution in [0.15, 0.2) is 29.2 Å². The fraction of sp³-hybridized carbons (Fsp3) is 0.455. The zero-order valence-electron chi connectivity index (χ0n) is 9.89. The van der Waals surface area contributed by atoms with E-state index < -0.39 is 7.60 Å². The quantitative estimate of drug-likeness (QED) is 0.541. The minimum absolute atomic E-state index is 0.301. The van der Waals surface area contributed by atoms with Gasteiger partial charge in [-0.2, -0.15) is 0 Å². The fourth-order valence-corrected chi connectivity index (χ4v) is 4.54. The van der Waals surface area contributed by atoms with Crippen molar-refractivity contribution >= 4 is 31.0 Å². The van der Waals surface area contributed by atoms with E-state index in [1.807, 2.05) is 18.2 Å². The molecule has 1 aromatic carbocycles. The second-order valence-corrected chi connectivity index (χ2v) is 7.14. The molecule has 17 heavy (non-hydrogen) atoms. The predicted molar refractivity (Wildman–Crippen MR) is 73.0 cm³/mol. The lowest BCUT2D eigenvalue weighted by Crippen LogP contribution is -1.97. The van der Waals surface area contributed by atoms with Crippen LogP contribution in [0.1, 0.15) is 13.8 Å². The van der Waals surface area contributed by atoms with Gasteiger partial charge in [-0.15, -0.1) is 11.8 Å². The van der Waals surface area contributed by atoms with Gasteiger partial charge in [-0.25, -0.2) is 0 Å². The molecule has 0 saturated heterocycles. The molecule has 1 rings (SSSR count). The van der Waals surface area contributed by atoms with Crippen molar-refractivity contribution in [1.29, 1.82) is 0 Å². The van der Waals surface area contributed by atoms with Crippen molar-refractivity contribution in [2.45, 2.75) is 18.7 Å². The Labute approximate surface area is 111 Å². The third kappa shape index (κ3) is 5.45. The maximum Gasteiger partial charge on any atom is 0.340 e. The molecule has 0 saturated carbocycles. The molecule has 0 N–H and O–H groups in total. The third-order valence-corrected chi connectivity index (χ3v) is 5.74. The summed E-state index contributed by atoms with van der Waals surface area (Å²) in [5.41, 5.74) is 0.301. The van der Waals surface area contributed by atoms with E-state index in [2.05, 4.69) is 0 Å². The van der Waals surface area contributed by atoms with Gasteiger partial charge in [-0.1, -0.05) is 17.7 Å². The fourth-order valence-electron chi connectivity index (χ4n) is 1.22. The molecule has 0 atom stereocenters. The Bertz CT molecular complexity index is 390. The van der Waals surface area contributed by atoms with Gasteiger partial charge in [0.15, 0.2) is 0 Å². The van der Waals surface area contributed by atoms with Crippen LogP contribution in [0.4, 0.5) is 0 Å². The van der Waals surface area contributed by atoms with Crippen LogP contribution in [0.2, 0.25) is 5.02 Å². The monoisotopic (exact) mass is 294 g/mol. The van der Waals surface area contributed by atoms with Gasteiger partial charge in [-0.05, 0) is 32.0 Å². The molecule has 0 amide bonds. The third-order valence-electron chi connectivity index (χ3n) is 1.84. The summed E-state index contributed by atoms with van der Waals surface area (Å²) in [7, 11) is -2.98. The highest BCUT2D eigenvalue weighted by Crippen LogP contribution is 2.52. The van der Waals surface area contributed by atoms with Crippen LogP contribution in [0.3, 0.4) is 0 Å². The molecule has 0 radical (unpaired) electrons. The average Bonchev–Trinajstić information content (AvgIpc) is 2.27. The van der Waals surface area contributed by atoms with Crippen LogP contribution in [0, 0.1) is 0 Å². The Morgan fingerprint density at radius 3 is 2.47 bits per heavy atom. The first-order valence-electron chi connectivity index (χ1n) is 5.36. The number of hydrogen-bond acceptors (Lipinski definition) is 4. The first kappa shape index (κ1) is 15.1. The molecule has 0 fully saturated rings. The van der Waals surface area contributed by atoms with Crippen molar-refractivity contribution in [3.05, 3.63) is 29.3 Å². The van der Waals surface area contributed by atoms with Gasteiger partial charge in [0.2, 0.25) is 0 Å². The molecule has 0 bridgehead atoms. The van der Waals surface area contributed by atoms with E-state index in [0.717, 1.165) is 4.90 Å². The number of hydrogen-bond donors (Lipinski definition) is 0. The molecule has 0 unspecified atom stereocenters. The Hall–Kier alpha value is 0.01000. The summed E-state index contributed by atoms with van der Waals surface area (Å²) >= 11 is 7.30. The number of thioether (sulfide) groups is 1. The summed E-state index contributed by atoms with van der Waals surface area (Å²) in [6.07, 6.45) is 0. The van der Waals surface area contributed by atoms with Crippen molar-refractivity contribution in [3.63, 3.8) is 0 Å². The van der Waals surface area contributed by atoms with Crippen LogP contribution in [-0.2, 0) is 13.6 Å². The van der Waals surface area contributed by atoms with E-state index in [1.165, 1.54) is 11.8 Å². The molecule has 0 spiro atoms. The van der Waals surface area contributed by atoms with Gasteiger partial charge in [0.1, 0.15) is 5.49 Å². The van der Waals surface area contributed by atoms with E-state index in [-0.39, 0.29) is 0 Å². The molecule has 96 valence electrons. The van der Waals surface area contributed by atoms with Crippen molar-refractivity contribution in [2.75, 3.05) is 18.7 Å². The summed E-state index contributed by atoms with van der Waals surface area (Å²) in [5.74, 6) is 0. The Kier molecular flexibility index (Phi) is 6.60. The molecule has 0 aliphatic carbocycles. The normalized spacial score (nSPS) is 11.7.